The van der Waals surface area contributed by atoms with E-state index >= 15 is 0 Å². The monoisotopic (exact) mass is 202 g/mol. The van der Waals surface area contributed by atoms with Crippen LogP contribution in [0.15, 0.2) is 12.3 Å². The number of hydrogen-bond acceptors (Lipinski definition) is 2. The summed E-state index contributed by atoms with van der Waals surface area (Å²) in [6.45, 7) is 0.0893. The lowest BCUT2D eigenvalue weighted by Crippen LogP contribution is -2.04. The van der Waals surface area contributed by atoms with Crippen LogP contribution in [-0.2, 0) is 19.4 Å². The van der Waals surface area contributed by atoms with Crippen molar-refractivity contribution in [3.05, 3.63) is 29.0 Å². The predicted molar refractivity (Wildman–Crippen MR) is 58.7 cm³/mol. The molecule has 0 amide bonds. The zero-order chi connectivity index (χ0) is 10.3. The number of aromatic nitrogens is 2. The van der Waals surface area contributed by atoms with Gasteiger partial charge in [0, 0.05) is 10.9 Å². The zero-order valence-electron chi connectivity index (χ0n) is 8.58. The number of aliphatic hydroxyl groups excluding tert-OH is 1. The molecule has 0 bridgehead atoms. The lowest BCUT2D eigenvalue weighted by Gasteiger charge is -2.17. The molecule has 0 spiro atoms. The van der Waals surface area contributed by atoms with E-state index in [1.807, 2.05) is 6.20 Å². The number of nitrogens with zero attached hydrogens (tertiary/aromatic N) is 1. The van der Waals surface area contributed by atoms with Crippen molar-refractivity contribution in [2.45, 2.75) is 32.3 Å². The van der Waals surface area contributed by atoms with Gasteiger partial charge in [-0.2, -0.15) is 5.10 Å². The summed E-state index contributed by atoms with van der Waals surface area (Å²) in [7, 11) is 0. The quantitative estimate of drug-likeness (QED) is 0.742. The first kappa shape index (κ1) is 8.92. The predicted octanol–water partition coefficient (Wildman–Crippen LogP) is 1.93. The van der Waals surface area contributed by atoms with Gasteiger partial charge < -0.3 is 5.11 Å². The van der Waals surface area contributed by atoms with E-state index < -0.39 is 0 Å². The van der Waals surface area contributed by atoms with Crippen LogP contribution in [0.3, 0.4) is 0 Å². The number of benzene rings is 1. The molecular weight excluding hydrogens is 188 g/mol. The molecule has 3 heteroatoms. The van der Waals surface area contributed by atoms with Crippen LogP contribution in [0.1, 0.15) is 29.5 Å². The number of aliphatic hydroxyl groups is 1. The van der Waals surface area contributed by atoms with Crippen molar-refractivity contribution < 1.29 is 5.11 Å². The topological polar surface area (TPSA) is 48.9 Å². The Balaban J connectivity index is 2.33. The number of aromatic amines is 1. The average molecular weight is 202 g/mol. The molecule has 1 heterocycles. The third-order valence-electron chi connectivity index (χ3n) is 3.31. The summed E-state index contributed by atoms with van der Waals surface area (Å²) in [6, 6.07) is 2.13. The van der Waals surface area contributed by atoms with Gasteiger partial charge in [0.2, 0.25) is 0 Å². The van der Waals surface area contributed by atoms with Crippen molar-refractivity contribution in [3.8, 4) is 0 Å². The molecule has 3 rings (SSSR count). The molecule has 3 nitrogen and oxygen atoms in total. The molecule has 0 saturated carbocycles. The zero-order valence-corrected chi connectivity index (χ0v) is 8.58. The highest BCUT2D eigenvalue weighted by molar-refractivity contribution is 5.86. The second-order valence-electron chi connectivity index (χ2n) is 4.20. The molecule has 15 heavy (non-hydrogen) atoms. The highest BCUT2D eigenvalue weighted by atomic mass is 16.3. The maximum atomic E-state index is 9.31. The normalized spacial score (nSPS) is 15.5. The van der Waals surface area contributed by atoms with E-state index in [2.05, 4.69) is 16.3 Å². The van der Waals surface area contributed by atoms with Crippen molar-refractivity contribution >= 4 is 10.9 Å². The minimum absolute atomic E-state index is 0.0893. The number of aryl methyl sites for hydroxylation is 2. The van der Waals surface area contributed by atoms with Gasteiger partial charge in [-0.15, -0.1) is 0 Å². The van der Waals surface area contributed by atoms with E-state index in [0.717, 1.165) is 23.9 Å². The number of H-pyrrole nitrogens is 1. The molecule has 78 valence electrons. The molecule has 0 unspecified atom stereocenters. The first-order valence-corrected chi connectivity index (χ1v) is 5.47. The summed E-state index contributed by atoms with van der Waals surface area (Å²) >= 11 is 0. The van der Waals surface area contributed by atoms with Crippen LogP contribution in [0.4, 0.5) is 0 Å². The average Bonchev–Trinajstić information content (AvgIpc) is 2.77. The highest BCUT2D eigenvalue weighted by Gasteiger charge is 2.15. The van der Waals surface area contributed by atoms with Crippen LogP contribution in [0.5, 0.6) is 0 Å². The molecule has 1 aliphatic carbocycles. The number of hydrogen-bond donors (Lipinski definition) is 2. The van der Waals surface area contributed by atoms with E-state index in [1.54, 1.807) is 0 Å². The molecular formula is C12H14N2O. The fourth-order valence-corrected chi connectivity index (χ4v) is 2.56. The molecule has 0 atom stereocenters. The van der Waals surface area contributed by atoms with Crippen LogP contribution >= 0.6 is 0 Å². The summed E-state index contributed by atoms with van der Waals surface area (Å²) < 4.78 is 0. The van der Waals surface area contributed by atoms with E-state index in [-0.39, 0.29) is 6.61 Å². The Bertz CT molecular complexity index is 502. The molecule has 0 radical (unpaired) electrons. The standard InChI is InChI=1S/C12H14N2O/c15-7-9-5-8-3-1-2-4-10(8)11-6-13-14-12(9)11/h5-6,15H,1-4,7H2,(H,13,14). The summed E-state index contributed by atoms with van der Waals surface area (Å²) in [5.41, 5.74) is 4.82. The van der Waals surface area contributed by atoms with Gasteiger partial charge >= 0.3 is 0 Å². The lowest BCUT2D eigenvalue weighted by molar-refractivity contribution is 0.283. The minimum Gasteiger partial charge on any atom is -0.392 e. The third kappa shape index (κ3) is 1.27. The van der Waals surface area contributed by atoms with Gasteiger partial charge in [-0.1, -0.05) is 6.07 Å². The molecule has 2 aromatic rings. The first-order valence-electron chi connectivity index (χ1n) is 5.47. The smallest absolute Gasteiger partial charge is 0.0708 e. The fourth-order valence-electron chi connectivity index (χ4n) is 2.56. The van der Waals surface area contributed by atoms with Crippen molar-refractivity contribution in [2.24, 2.45) is 0 Å². The molecule has 0 fully saturated rings. The Morgan fingerprint density at radius 3 is 3.07 bits per heavy atom. The first-order chi connectivity index (χ1) is 7.40. The Morgan fingerprint density at radius 2 is 2.20 bits per heavy atom. The molecule has 0 aliphatic heterocycles. The van der Waals surface area contributed by atoms with Crippen molar-refractivity contribution in [3.63, 3.8) is 0 Å². The van der Waals surface area contributed by atoms with Crippen molar-refractivity contribution in [2.75, 3.05) is 0 Å². The highest BCUT2D eigenvalue weighted by Crippen LogP contribution is 2.30. The fraction of sp³-hybridized carbons (Fsp3) is 0.417. The Morgan fingerprint density at radius 1 is 1.33 bits per heavy atom. The van der Waals surface area contributed by atoms with Crippen LogP contribution in [0.25, 0.3) is 10.9 Å². The van der Waals surface area contributed by atoms with Gasteiger partial charge in [0.1, 0.15) is 0 Å². The lowest BCUT2D eigenvalue weighted by atomic mass is 9.88. The summed E-state index contributed by atoms with van der Waals surface area (Å²) in [4.78, 5) is 0. The van der Waals surface area contributed by atoms with Gasteiger partial charge in [-0.3, -0.25) is 5.10 Å². The maximum absolute atomic E-state index is 9.31. The van der Waals surface area contributed by atoms with E-state index in [1.165, 1.54) is 29.4 Å². The van der Waals surface area contributed by atoms with Gasteiger partial charge in [0.05, 0.1) is 18.3 Å². The molecule has 0 saturated heterocycles. The van der Waals surface area contributed by atoms with E-state index in [9.17, 15) is 5.11 Å². The Kier molecular flexibility index (Phi) is 1.99. The van der Waals surface area contributed by atoms with E-state index in [4.69, 9.17) is 0 Å². The van der Waals surface area contributed by atoms with Crippen LogP contribution in [0, 0.1) is 0 Å². The largest absolute Gasteiger partial charge is 0.392 e. The second-order valence-corrected chi connectivity index (χ2v) is 4.20. The van der Waals surface area contributed by atoms with Gasteiger partial charge in [-0.05, 0) is 36.8 Å². The molecule has 1 aromatic heterocycles. The minimum atomic E-state index is 0.0893. The van der Waals surface area contributed by atoms with Gasteiger partial charge in [0.25, 0.3) is 0 Å². The third-order valence-corrected chi connectivity index (χ3v) is 3.31. The molecule has 1 aliphatic rings. The molecule has 1 aromatic carbocycles. The maximum Gasteiger partial charge on any atom is 0.0708 e. The van der Waals surface area contributed by atoms with Crippen LogP contribution in [0.2, 0.25) is 0 Å². The van der Waals surface area contributed by atoms with Crippen LogP contribution in [-0.4, -0.2) is 15.3 Å². The van der Waals surface area contributed by atoms with Gasteiger partial charge in [0.15, 0.2) is 0 Å². The number of rotatable bonds is 1. The SMILES string of the molecule is OCc1cc2c(c3cn[nH]c13)CCCC2. The Hall–Kier alpha value is -1.35. The summed E-state index contributed by atoms with van der Waals surface area (Å²) in [5.74, 6) is 0. The Labute approximate surface area is 88.1 Å². The summed E-state index contributed by atoms with van der Waals surface area (Å²) in [6.07, 6.45) is 6.71. The van der Waals surface area contributed by atoms with Crippen molar-refractivity contribution in [1.29, 1.82) is 0 Å². The number of nitrogens with one attached hydrogen (secondary N) is 1. The molecule has 2 N–H and O–H groups in total. The summed E-state index contributed by atoms with van der Waals surface area (Å²) in [5, 5.41) is 17.6. The van der Waals surface area contributed by atoms with Crippen LogP contribution < -0.4 is 0 Å². The van der Waals surface area contributed by atoms with E-state index in [0.29, 0.717) is 0 Å². The second kappa shape index (κ2) is 3.35. The number of fused-ring (bicyclic) bond motifs is 3. The van der Waals surface area contributed by atoms with Crippen molar-refractivity contribution in [1.82, 2.24) is 10.2 Å². The van der Waals surface area contributed by atoms with Gasteiger partial charge in [-0.25, -0.2) is 0 Å².